The molecular weight excluding hydrogens is 224 g/mol. The van der Waals surface area contributed by atoms with Gasteiger partial charge in [0.2, 0.25) is 0 Å². The minimum atomic E-state index is 0.557. The van der Waals surface area contributed by atoms with Gasteiger partial charge in [-0.1, -0.05) is 24.3 Å². The van der Waals surface area contributed by atoms with Crippen molar-refractivity contribution in [1.29, 1.82) is 5.26 Å². The maximum Gasteiger partial charge on any atom is 0.0992 e. The van der Waals surface area contributed by atoms with Gasteiger partial charge in [-0.25, -0.2) is 0 Å². The quantitative estimate of drug-likeness (QED) is 0.887. The van der Waals surface area contributed by atoms with Crippen LogP contribution in [0.4, 0.5) is 11.4 Å². The van der Waals surface area contributed by atoms with Gasteiger partial charge in [0, 0.05) is 24.0 Å². The van der Waals surface area contributed by atoms with Gasteiger partial charge in [0.25, 0.3) is 0 Å². The Kier molecular flexibility index (Phi) is 3.95. The van der Waals surface area contributed by atoms with Crippen LogP contribution >= 0.6 is 0 Å². The maximum absolute atomic E-state index is 8.87. The first-order valence-corrected chi connectivity index (χ1v) is 5.67. The van der Waals surface area contributed by atoms with E-state index in [1.54, 1.807) is 13.2 Å². The summed E-state index contributed by atoms with van der Waals surface area (Å²) in [7, 11) is 1.67. The Labute approximate surface area is 107 Å². The fourth-order valence-corrected chi connectivity index (χ4v) is 1.75. The van der Waals surface area contributed by atoms with Crippen molar-refractivity contribution < 1.29 is 4.74 Å². The predicted octanol–water partition coefficient (Wildman–Crippen LogP) is 3.45. The number of nitriles is 1. The third kappa shape index (κ3) is 2.88. The van der Waals surface area contributed by atoms with Crippen LogP contribution in [0.1, 0.15) is 11.1 Å². The molecule has 1 N–H and O–H groups in total. The van der Waals surface area contributed by atoms with Gasteiger partial charge in [-0.05, 0) is 24.3 Å². The highest BCUT2D eigenvalue weighted by molar-refractivity contribution is 5.64. The summed E-state index contributed by atoms with van der Waals surface area (Å²) in [5, 5.41) is 12.2. The maximum atomic E-state index is 8.87. The predicted molar refractivity (Wildman–Crippen MR) is 71.6 cm³/mol. The molecule has 0 atom stereocenters. The van der Waals surface area contributed by atoms with E-state index in [0.29, 0.717) is 12.2 Å². The molecule has 0 saturated carbocycles. The number of ether oxygens (including phenoxy) is 1. The summed E-state index contributed by atoms with van der Waals surface area (Å²) in [5.41, 5.74) is 3.62. The largest absolute Gasteiger partial charge is 0.380 e. The zero-order chi connectivity index (χ0) is 12.8. The van der Waals surface area contributed by atoms with Crippen molar-refractivity contribution in [2.75, 3.05) is 12.4 Å². The topological polar surface area (TPSA) is 45.0 Å². The van der Waals surface area contributed by atoms with Crippen LogP contribution in [0.2, 0.25) is 0 Å². The molecule has 18 heavy (non-hydrogen) atoms. The molecule has 0 aliphatic heterocycles. The number of anilines is 2. The smallest absolute Gasteiger partial charge is 0.0992 e. The summed E-state index contributed by atoms with van der Waals surface area (Å²) in [6.45, 7) is 0.557. The van der Waals surface area contributed by atoms with Crippen LogP contribution in [0.5, 0.6) is 0 Å². The van der Waals surface area contributed by atoms with Crippen LogP contribution in [0.3, 0.4) is 0 Å². The van der Waals surface area contributed by atoms with E-state index in [9.17, 15) is 0 Å². The molecule has 0 radical (unpaired) electrons. The van der Waals surface area contributed by atoms with Crippen LogP contribution in [-0.2, 0) is 11.3 Å². The second-order valence-electron chi connectivity index (χ2n) is 3.91. The second-order valence-corrected chi connectivity index (χ2v) is 3.91. The molecule has 2 aromatic rings. The number of para-hydroxylation sites is 1. The monoisotopic (exact) mass is 238 g/mol. The minimum absolute atomic E-state index is 0.557. The average Bonchev–Trinajstić information content (AvgIpc) is 2.41. The summed E-state index contributed by atoms with van der Waals surface area (Å²) in [5.74, 6) is 0. The first-order valence-electron chi connectivity index (χ1n) is 5.67. The highest BCUT2D eigenvalue weighted by atomic mass is 16.5. The first-order chi connectivity index (χ1) is 8.83. The molecule has 0 aliphatic rings. The normalized spacial score (nSPS) is 9.78. The SMILES string of the molecule is COCc1ccccc1Nc1cccc(C#N)c1. The lowest BCUT2D eigenvalue weighted by Crippen LogP contribution is -1.97. The number of hydrogen-bond acceptors (Lipinski definition) is 3. The number of methoxy groups -OCH3 is 1. The van der Waals surface area contributed by atoms with Crippen molar-refractivity contribution in [2.45, 2.75) is 6.61 Å². The molecule has 0 spiro atoms. The molecule has 2 aromatic carbocycles. The average molecular weight is 238 g/mol. The van der Waals surface area contributed by atoms with Gasteiger partial charge in [0.05, 0.1) is 18.2 Å². The molecule has 0 fully saturated rings. The molecule has 0 aliphatic carbocycles. The van der Waals surface area contributed by atoms with E-state index in [1.807, 2.05) is 42.5 Å². The van der Waals surface area contributed by atoms with E-state index in [2.05, 4.69) is 11.4 Å². The van der Waals surface area contributed by atoms with Crippen molar-refractivity contribution in [1.82, 2.24) is 0 Å². The van der Waals surface area contributed by atoms with Gasteiger partial charge < -0.3 is 10.1 Å². The first kappa shape index (κ1) is 12.2. The van der Waals surface area contributed by atoms with Crippen molar-refractivity contribution in [2.24, 2.45) is 0 Å². The molecule has 3 heteroatoms. The summed E-state index contributed by atoms with van der Waals surface area (Å²) in [6, 6.07) is 17.5. The Morgan fingerprint density at radius 3 is 2.78 bits per heavy atom. The van der Waals surface area contributed by atoms with E-state index < -0.39 is 0 Å². The Balaban J connectivity index is 2.25. The van der Waals surface area contributed by atoms with E-state index in [0.717, 1.165) is 16.9 Å². The highest BCUT2D eigenvalue weighted by Gasteiger charge is 2.02. The van der Waals surface area contributed by atoms with Crippen LogP contribution in [0.25, 0.3) is 0 Å². The van der Waals surface area contributed by atoms with E-state index >= 15 is 0 Å². The van der Waals surface area contributed by atoms with Gasteiger partial charge in [0.15, 0.2) is 0 Å². The number of rotatable bonds is 4. The van der Waals surface area contributed by atoms with Crippen LogP contribution in [0.15, 0.2) is 48.5 Å². The minimum Gasteiger partial charge on any atom is -0.380 e. The Hall–Kier alpha value is -2.31. The zero-order valence-electron chi connectivity index (χ0n) is 10.2. The standard InChI is InChI=1S/C15H14N2O/c1-18-11-13-6-2-3-8-15(13)17-14-7-4-5-12(9-14)10-16/h2-9,17H,11H2,1H3. The van der Waals surface area contributed by atoms with Crippen molar-refractivity contribution in [3.63, 3.8) is 0 Å². The number of hydrogen-bond donors (Lipinski definition) is 1. The van der Waals surface area contributed by atoms with Crippen molar-refractivity contribution >= 4 is 11.4 Å². The fraction of sp³-hybridized carbons (Fsp3) is 0.133. The Morgan fingerprint density at radius 2 is 2.00 bits per heavy atom. The zero-order valence-corrected chi connectivity index (χ0v) is 10.2. The van der Waals surface area contributed by atoms with Crippen LogP contribution < -0.4 is 5.32 Å². The lowest BCUT2D eigenvalue weighted by molar-refractivity contribution is 0.185. The molecule has 0 heterocycles. The number of nitrogens with one attached hydrogen (secondary N) is 1. The van der Waals surface area contributed by atoms with Gasteiger partial charge in [-0.2, -0.15) is 5.26 Å². The number of nitrogens with zero attached hydrogens (tertiary/aromatic N) is 1. The Morgan fingerprint density at radius 1 is 1.17 bits per heavy atom. The summed E-state index contributed by atoms with van der Waals surface area (Å²) in [6.07, 6.45) is 0. The lowest BCUT2D eigenvalue weighted by atomic mass is 10.1. The van der Waals surface area contributed by atoms with Crippen molar-refractivity contribution in [3.8, 4) is 6.07 Å². The Bertz CT molecular complexity index is 573. The molecule has 0 saturated heterocycles. The van der Waals surface area contributed by atoms with Gasteiger partial charge in [0.1, 0.15) is 0 Å². The number of benzene rings is 2. The summed E-state index contributed by atoms with van der Waals surface area (Å²) >= 11 is 0. The van der Waals surface area contributed by atoms with E-state index in [1.165, 1.54) is 0 Å². The van der Waals surface area contributed by atoms with E-state index in [-0.39, 0.29) is 0 Å². The summed E-state index contributed by atoms with van der Waals surface area (Å²) < 4.78 is 5.16. The molecule has 90 valence electrons. The third-order valence-electron chi connectivity index (χ3n) is 2.59. The molecular formula is C15H14N2O. The highest BCUT2D eigenvalue weighted by Crippen LogP contribution is 2.21. The van der Waals surface area contributed by atoms with Crippen LogP contribution in [0, 0.1) is 11.3 Å². The molecule has 2 rings (SSSR count). The summed E-state index contributed by atoms with van der Waals surface area (Å²) in [4.78, 5) is 0. The van der Waals surface area contributed by atoms with E-state index in [4.69, 9.17) is 10.00 Å². The fourth-order valence-electron chi connectivity index (χ4n) is 1.75. The molecule has 0 bridgehead atoms. The molecule has 0 amide bonds. The molecule has 3 nitrogen and oxygen atoms in total. The van der Waals surface area contributed by atoms with Gasteiger partial charge in [-0.15, -0.1) is 0 Å². The third-order valence-corrected chi connectivity index (χ3v) is 2.59. The van der Waals surface area contributed by atoms with Gasteiger partial charge in [-0.3, -0.25) is 0 Å². The second kappa shape index (κ2) is 5.85. The molecule has 0 aromatic heterocycles. The van der Waals surface area contributed by atoms with Crippen molar-refractivity contribution in [3.05, 3.63) is 59.7 Å². The lowest BCUT2D eigenvalue weighted by Gasteiger charge is -2.11. The molecule has 0 unspecified atom stereocenters. The van der Waals surface area contributed by atoms with Gasteiger partial charge >= 0.3 is 0 Å². The van der Waals surface area contributed by atoms with Crippen LogP contribution in [-0.4, -0.2) is 7.11 Å².